The van der Waals surface area contributed by atoms with Crippen molar-refractivity contribution in [2.45, 2.75) is 118 Å². The fraction of sp³-hybridized carbons (Fsp3) is 0.391. The van der Waals surface area contributed by atoms with Crippen LogP contribution < -0.4 is 10.4 Å². The first-order chi connectivity index (χ1) is 22.3. The first-order valence-corrected chi connectivity index (χ1v) is 24.4. The van der Waals surface area contributed by atoms with Gasteiger partial charge < -0.3 is 0 Å². The molecule has 0 radical (unpaired) electrons. The molecule has 0 fully saturated rings. The number of halogens is 2. The summed E-state index contributed by atoms with van der Waals surface area (Å²) in [5.74, 6) is 0. The molecule has 6 rings (SSSR count). The molecule has 0 atom stereocenters. The topological polar surface area (TPSA) is 0 Å². The summed E-state index contributed by atoms with van der Waals surface area (Å²) in [7, 11) is 0. The zero-order valence-corrected chi connectivity index (χ0v) is 38.7. The standard InChI is InChI=1S/C29H41.C12H10Si.C5H5.2ClH.Hf/c1-26(2,3)22-14-18-13-19-15-23(27(4,5)6)25(29(10,11)12)17-21(19)20(18)16-24(22)28(7,8)9;1-3-7-11(8-4-1)13-12-9-5-2-6-10-12;1-2-4-5-3-1;;;/h14,16-17H,13H2,1-12H3;1-10H;1-3H,4H2;2*1H;/q-1;;-1;;;+2. The maximum atomic E-state index is 3.90. The van der Waals surface area contributed by atoms with E-state index in [1.54, 1.807) is 0 Å². The molecule has 0 unspecified atom stereocenters. The van der Waals surface area contributed by atoms with E-state index in [9.17, 15) is 0 Å². The normalized spacial score (nSPS) is 13.1. The average molecular weight is 888 g/mol. The van der Waals surface area contributed by atoms with Crippen molar-refractivity contribution < 1.29 is 23.0 Å². The summed E-state index contributed by atoms with van der Waals surface area (Å²) in [4.78, 5) is 0. The molecule has 0 nitrogen and oxygen atoms in total. The van der Waals surface area contributed by atoms with Crippen molar-refractivity contribution in [2.75, 3.05) is 0 Å². The van der Waals surface area contributed by atoms with Gasteiger partial charge in [0.25, 0.3) is 0 Å². The molecule has 0 saturated heterocycles. The van der Waals surface area contributed by atoms with Crippen molar-refractivity contribution in [2.24, 2.45) is 0 Å². The van der Waals surface area contributed by atoms with E-state index in [4.69, 9.17) is 0 Å². The molecule has 0 spiro atoms. The van der Waals surface area contributed by atoms with Crippen molar-refractivity contribution >= 4 is 40.7 Å². The number of fused-ring (bicyclic) bond motifs is 3. The molecule has 4 aromatic rings. The Labute approximate surface area is 332 Å². The molecule has 0 N–H and O–H groups in total. The van der Waals surface area contributed by atoms with Gasteiger partial charge in [0.15, 0.2) is 0 Å². The molecular formula is C46H58Cl2HfSi. The third-order valence-electron chi connectivity index (χ3n) is 8.94. The van der Waals surface area contributed by atoms with Crippen molar-refractivity contribution in [1.82, 2.24) is 0 Å². The zero-order valence-electron chi connectivity index (χ0n) is 32.5. The van der Waals surface area contributed by atoms with Crippen molar-refractivity contribution in [1.29, 1.82) is 0 Å². The van der Waals surface area contributed by atoms with Crippen molar-refractivity contribution in [3.63, 3.8) is 0 Å². The fourth-order valence-electron chi connectivity index (χ4n) is 6.34. The van der Waals surface area contributed by atoms with Crippen LogP contribution in [0.2, 0.25) is 0 Å². The number of allylic oxidation sites excluding steroid dienone is 4. The molecule has 0 bridgehead atoms. The van der Waals surface area contributed by atoms with Crippen molar-refractivity contribution in [3.8, 4) is 11.1 Å². The molecule has 0 saturated carbocycles. The van der Waals surface area contributed by atoms with Crippen LogP contribution in [0.3, 0.4) is 0 Å². The molecule has 2 aliphatic rings. The second-order valence-corrected chi connectivity index (χ2v) is 24.6. The van der Waals surface area contributed by atoms with E-state index in [-0.39, 0.29) is 46.5 Å². The van der Waals surface area contributed by atoms with Gasteiger partial charge in [-0.15, -0.1) is 47.9 Å². The average Bonchev–Trinajstić information content (AvgIpc) is 3.71. The molecule has 4 aromatic carbocycles. The predicted octanol–water partition coefficient (Wildman–Crippen LogP) is 11.7. The number of hydrogen-bond acceptors (Lipinski definition) is 0. The molecular weight excluding hydrogens is 830 g/mol. The third kappa shape index (κ3) is 11.3. The Kier molecular flexibility index (Phi) is 15.6. The van der Waals surface area contributed by atoms with E-state index in [1.807, 2.05) is 12.2 Å². The van der Waals surface area contributed by atoms with Gasteiger partial charge in [-0.2, -0.15) is 23.8 Å². The monoisotopic (exact) mass is 888 g/mol. The summed E-state index contributed by atoms with van der Waals surface area (Å²) in [5.41, 5.74) is 11.5. The molecule has 50 heavy (non-hydrogen) atoms. The quantitative estimate of drug-likeness (QED) is 0.122. The summed E-state index contributed by atoms with van der Waals surface area (Å²) >= 11 is 1.27. The van der Waals surface area contributed by atoms with E-state index in [0.29, 0.717) is 0 Å². The van der Waals surface area contributed by atoms with Crippen LogP contribution in [-0.2, 0) is 51.1 Å². The van der Waals surface area contributed by atoms with Gasteiger partial charge >= 0.3 is 99.5 Å². The summed E-state index contributed by atoms with van der Waals surface area (Å²) in [5, 5.41) is 3.07. The van der Waals surface area contributed by atoms with Crippen LogP contribution >= 0.6 is 24.8 Å². The number of hydrogen-bond donors (Lipinski definition) is 0. The van der Waals surface area contributed by atoms with Gasteiger partial charge in [0.2, 0.25) is 0 Å². The third-order valence-corrected chi connectivity index (χ3v) is 17.0. The van der Waals surface area contributed by atoms with Crippen LogP contribution in [0, 0.1) is 12.1 Å². The Morgan fingerprint density at radius 3 is 1.42 bits per heavy atom. The zero-order chi connectivity index (χ0) is 35.5. The van der Waals surface area contributed by atoms with E-state index in [2.05, 4.69) is 180 Å². The SMILES string of the molecule is CC(C)(C)c1[c-]c2c(cc1C(C)(C)C)-c1cc(C(C)(C)C)c(C(C)(C)C)cc1C2.Cl.Cl.[C-]1=CC=CC1.[Hf+2]=[Si](c1ccccc1)c1ccccc1. The minimum absolute atomic E-state index is 0. The Bertz CT molecular complexity index is 1660. The van der Waals surface area contributed by atoms with Crippen LogP contribution in [0.15, 0.2) is 97.1 Å². The summed E-state index contributed by atoms with van der Waals surface area (Å²) in [6, 6.07) is 33.2. The van der Waals surface area contributed by atoms with Gasteiger partial charge in [0.05, 0.1) is 0 Å². The Hall–Kier alpha value is -1.97. The number of rotatable bonds is 2. The fourth-order valence-corrected chi connectivity index (χ4v) is 11.3. The minimum atomic E-state index is -0.406. The van der Waals surface area contributed by atoms with E-state index in [0.717, 1.165) is 12.8 Å². The predicted molar refractivity (Wildman–Crippen MR) is 222 cm³/mol. The molecule has 2 aliphatic carbocycles. The number of benzene rings is 4. The molecule has 4 heteroatoms. The van der Waals surface area contributed by atoms with Crippen LogP contribution in [0.5, 0.6) is 0 Å². The first-order valence-electron chi connectivity index (χ1n) is 17.5. The summed E-state index contributed by atoms with van der Waals surface area (Å²) < 4.78 is 0. The maximum absolute atomic E-state index is 3.90. The first kappa shape index (κ1) is 44.2. The van der Waals surface area contributed by atoms with E-state index < -0.39 is 5.49 Å². The molecule has 0 aliphatic heterocycles. The second-order valence-electron chi connectivity index (χ2n) is 17.3. The van der Waals surface area contributed by atoms with Crippen LogP contribution in [-0.4, -0.2) is 5.49 Å². The van der Waals surface area contributed by atoms with Crippen LogP contribution in [0.25, 0.3) is 11.1 Å². The van der Waals surface area contributed by atoms with Gasteiger partial charge in [-0.05, 0) is 39.4 Å². The molecule has 0 heterocycles. The summed E-state index contributed by atoms with van der Waals surface area (Å²) in [6.07, 6.45) is 11.0. The van der Waals surface area contributed by atoms with E-state index in [1.165, 1.54) is 77.9 Å². The van der Waals surface area contributed by atoms with Gasteiger partial charge in [-0.1, -0.05) is 106 Å². The summed E-state index contributed by atoms with van der Waals surface area (Å²) in [6.45, 7) is 28.0. The second kappa shape index (κ2) is 17.7. The van der Waals surface area contributed by atoms with Gasteiger partial charge in [0.1, 0.15) is 0 Å². The van der Waals surface area contributed by atoms with Crippen molar-refractivity contribution in [3.05, 3.63) is 143 Å². The molecule has 0 amide bonds. The Morgan fingerprint density at radius 2 is 1.04 bits per heavy atom. The Balaban J connectivity index is 0.000000341. The van der Waals surface area contributed by atoms with Crippen LogP contribution in [0.1, 0.15) is 123 Å². The van der Waals surface area contributed by atoms with Gasteiger partial charge in [-0.3, -0.25) is 6.08 Å². The van der Waals surface area contributed by atoms with Crippen LogP contribution in [0.4, 0.5) is 0 Å². The van der Waals surface area contributed by atoms with Gasteiger partial charge in [0, 0.05) is 0 Å². The van der Waals surface area contributed by atoms with Gasteiger partial charge in [-0.25, -0.2) is 12.2 Å². The molecule has 0 aromatic heterocycles. The Morgan fingerprint density at radius 1 is 0.580 bits per heavy atom. The molecule has 264 valence electrons. The van der Waals surface area contributed by atoms with E-state index >= 15 is 0 Å².